The number of benzene rings is 1. The molecule has 1 unspecified atom stereocenters. The van der Waals surface area contributed by atoms with Crippen LogP contribution in [0.25, 0.3) is 10.9 Å². The first-order chi connectivity index (χ1) is 8.50. The Morgan fingerprint density at radius 2 is 2.00 bits per heavy atom. The Balaban J connectivity index is 2.38. The van der Waals surface area contributed by atoms with Gasteiger partial charge in [0.25, 0.3) is 0 Å². The van der Waals surface area contributed by atoms with Crippen molar-refractivity contribution in [2.24, 2.45) is 0 Å². The molecule has 2 aromatic rings. The van der Waals surface area contributed by atoms with E-state index >= 15 is 0 Å². The van der Waals surface area contributed by atoms with Crippen molar-refractivity contribution < 1.29 is 15.0 Å². The number of aliphatic carboxylic acids is 1. The van der Waals surface area contributed by atoms with Crippen LogP contribution in [0.2, 0.25) is 0 Å². The maximum atomic E-state index is 10.6. The summed E-state index contributed by atoms with van der Waals surface area (Å²) in [5, 5.41) is 19.6. The van der Waals surface area contributed by atoms with Crippen molar-refractivity contribution in [3.63, 3.8) is 0 Å². The summed E-state index contributed by atoms with van der Waals surface area (Å²) >= 11 is 0. The van der Waals surface area contributed by atoms with Crippen LogP contribution in [0.15, 0.2) is 24.3 Å². The van der Waals surface area contributed by atoms with Gasteiger partial charge in [-0.1, -0.05) is 18.2 Å². The van der Waals surface area contributed by atoms with E-state index in [-0.39, 0.29) is 6.42 Å². The standard InChI is InChI=1S/C14H17NO3/c1-9-10(2)15(8-11(16)7-14(17)18)13-6-4-3-5-12(9)13/h3-6,11,16H,7-8H2,1-2H3,(H,17,18). The number of carboxylic acids is 1. The van der Waals surface area contributed by atoms with Gasteiger partial charge >= 0.3 is 5.97 Å². The van der Waals surface area contributed by atoms with Crippen LogP contribution in [0.3, 0.4) is 0 Å². The highest BCUT2D eigenvalue weighted by Gasteiger charge is 2.15. The summed E-state index contributed by atoms with van der Waals surface area (Å²) in [7, 11) is 0. The lowest BCUT2D eigenvalue weighted by Gasteiger charge is -2.12. The van der Waals surface area contributed by atoms with Crippen LogP contribution in [0.4, 0.5) is 0 Å². The maximum absolute atomic E-state index is 10.6. The normalized spacial score (nSPS) is 12.8. The number of hydrogen-bond donors (Lipinski definition) is 2. The van der Waals surface area contributed by atoms with Gasteiger partial charge < -0.3 is 14.8 Å². The molecule has 0 aliphatic rings. The molecule has 2 rings (SSSR count). The van der Waals surface area contributed by atoms with Gasteiger partial charge in [0.2, 0.25) is 0 Å². The van der Waals surface area contributed by atoms with Crippen molar-refractivity contribution in [2.75, 3.05) is 0 Å². The summed E-state index contributed by atoms with van der Waals surface area (Å²) < 4.78 is 1.98. The minimum Gasteiger partial charge on any atom is -0.481 e. The number of hydrogen-bond acceptors (Lipinski definition) is 2. The number of carboxylic acid groups (broad SMARTS) is 1. The Morgan fingerprint density at radius 1 is 1.33 bits per heavy atom. The molecule has 0 aliphatic heterocycles. The first kappa shape index (κ1) is 12.6. The molecule has 0 radical (unpaired) electrons. The van der Waals surface area contributed by atoms with Gasteiger partial charge in [0, 0.05) is 23.1 Å². The molecular weight excluding hydrogens is 230 g/mol. The molecule has 0 saturated heterocycles. The number of aliphatic hydroxyl groups is 1. The van der Waals surface area contributed by atoms with Gasteiger partial charge in [-0.05, 0) is 25.5 Å². The zero-order chi connectivity index (χ0) is 13.3. The van der Waals surface area contributed by atoms with Gasteiger partial charge in [0.05, 0.1) is 12.5 Å². The van der Waals surface area contributed by atoms with Crippen molar-refractivity contribution in [3.8, 4) is 0 Å². The van der Waals surface area contributed by atoms with Crippen molar-refractivity contribution in [1.29, 1.82) is 0 Å². The Hall–Kier alpha value is -1.81. The van der Waals surface area contributed by atoms with Gasteiger partial charge in [-0.15, -0.1) is 0 Å². The van der Waals surface area contributed by atoms with E-state index in [1.807, 2.05) is 42.7 Å². The third kappa shape index (κ3) is 2.24. The third-order valence-electron chi connectivity index (χ3n) is 3.35. The molecule has 0 saturated carbocycles. The molecule has 0 amide bonds. The van der Waals surface area contributed by atoms with E-state index in [2.05, 4.69) is 0 Å². The SMILES string of the molecule is Cc1c(C)n(CC(O)CC(=O)O)c2ccccc12. The van der Waals surface area contributed by atoms with Gasteiger partial charge in [-0.2, -0.15) is 0 Å². The number of para-hydroxylation sites is 1. The minimum absolute atomic E-state index is 0.231. The number of aromatic nitrogens is 1. The smallest absolute Gasteiger partial charge is 0.306 e. The topological polar surface area (TPSA) is 62.5 Å². The predicted molar refractivity (Wildman–Crippen MR) is 69.7 cm³/mol. The fraction of sp³-hybridized carbons (Fsp3) is 0.357. The van der Waals surface area contributed by atoms with E-state index < -0.39 is 12.1 Å². The number of rotatable bonds is 4. The average Bonchev–Trinajstić information content (AvgIpc) is 2.54. The highest BCUT2D eigenvalue weighted by Crippen LogP contribution is 2.25. The van der Waals surface area contributed by atoms with E-state index in [4.69, 9.17) is 5.11 Å². The largest absolute Gasteiger partial charge is 0.481 e. The fourth-order valence-electron chi connectivity index (χ4n) is 2.32. The van der Waals surface area contributed by atoms with E-state index in [1.165, 1.54) is 5.56 Å². The highest BCUT2D eigenvalue weighted by atomic mass is 16.4. The van der Waals surface area contributed by atoms with Crippen molar-refractivity contribution in [1.82, 2.24) is 4.57 Å². The molecule has 4 nitrogen and oxygen atoms in total. The average molecular weight is 247 g/mol. The van der Waals surface area contributed by atoms with Crippen LogP contribution < -0.4 is 0 Å². The monoisotopic (exact) mass is 247 g/mol. The molecule has 0 spiro atoms. The first-order valence-electron chi connectivity index (χ1n) is 5.95. The third-order valence-corrected chi connectivity index (χ3v) is 3.35. The van der Waals surface area contributed by atoms with Crippen LogP contribution in [0.1, 0.15) is 17.7 Å². The molecule has 1 atom stereocenters. The van der Waals surface area contributed by atoms with E-state index in [0.717, 1.165) is 16.6 Å². The predicted octanol–water partition coefficient (Wildman–Crippen LogP) is 2.09. The Bertz CT molecular complexity index is 586. The van der Waals surface area contributed by atoms with Gasteiger partial charge in [-0.3, -0.25) is 4.79 Å². The van der Waals surface area contributed by atoms with E-state index in [9.17, 15) is 9.90 Å². The molecule has 1 heterocycles. The van der Waals surface area contributed by atoms with Crippen LogP contribution in [0.5, 0.6) is 0 Å². The lowest BCUT2D eigenvalue weighted by molar-refractivity contribution is -0.139. The number of carbonyl (C=O) groups is 1. The number of aliphatic hydroxyl groups excluding tert-OH is 1. The van der Waals surface area contributed by atoms with Crippen molar-refractivity contribution in [2.45, 2.75) is 32.9 Å². The van der Waals surface area contributed by atoms with Gasteiger partial charge in [0.1, 0.15) is 0 Å². The van der Waals surface area contributed by atoms with E-state index in [1.54, 1.807) is 0 Å². The van der Waals surface area contributed by atoms with E-state index in [0.29, 0.717) is 6.54 Å². The summed E-state index contributed by atoms with van der Waals surface area (Å²) in [4.78, 5) is 10.6. The Morgan fingerprint density at radius 3 is 2.67 bits per heavy atom. The summed E-state index contributed by atoms with van der Waals surface area (Å²) in [5.74, 6) is -0.978. The van der Waals surface area contributed by atoms with Gasteiger partial charge in [0.15, 0.2) is 0 Å². The molecular formula is C14H17NO3. The number of nitrogens with zero attached hydrogens (tertiary/aromatic N) is 1. The van der Waals surface area contributed by atoms with Crippen LogP contribution in [-0.4, -0.2) is 26.9 Å². The molecule has 1 aromatic carbocycles. The molecule has 1 aromatic heterocycles. The quantitative estimate of drug-likeness (QED) is 0.869. The van der Waals surface area contributed by atoms with Crippen LogP contribution in [0, 0.1) is 13.8 Å². The Kier molecular flexibility index (Phi) is 3.39. The number of fused-ring (bicyclic) bond motifs is 1. The lowest BCUT2D eigenvalue weighted by atomic mass is 10.2. The second-order valence-electron chi connectivity index (χ2n) is 4.59. The minimum atomic E-state index is -0.978. The molecule has 0 fully saturated rings. The number of aryl methyl sites for hydroxylation is 1. The Labute approximate surface area is 105 Å². The summed E-state index contributed by atoms with van der Waals surface area (Å²) in [6, 6.07) is 7.95. The summed E-state index contributed by atoms with van der Waals surface area (Å²) in [6.45, 7) is 4.34. The highest BCUT2D eigenvalue weighted by molar-refractivity contribution is 5.85. The fourth-order valence-corrected chi connectivity index (χ4v) is 2.32. The molecule has 0 aliphatic carbocycles. The zero-order valence-electron chi connectivity index (χ0n) is 10.6. The maximum Gasteiger partial charge on any atom is 0.306 e. The molecule has 4 heteroatoms. The second kappa shape index (κ2) is 4.82. The second-order valence-corrected chi connectivity index (χ2v) is 4.59. The molecule has 2 N–H and O–H groups in total. The molecule has 96 valence electrons. The lowest BCUT2D eigenvalue weighted by Crippen LogP contribution is -2.20. The first-order valence-corrected chi connectivity index (χ1v) is 5.95. The van der Waals surface area contributed by atoms with Crippen molar-refractivity contribution in [3.05, 3.63) is 35.5 Å². The molecule has 18 heavy (non-hydrogen) atoms. The summed E-state index contributed by atoms with van der Waals surface area (Å²) in [6.07, 6.45) is -1.10. The van der Waals surface area contributed by atoms with Crippen molar-refractivity contribution >= 4 is 16.9 Å². The van der Waals surface area contributed by atoms with Crippen LogP contribution in [-0.2, 0) is 11.3 Å². The van der Waals surface area contributed by atoms with Crippen LogP contribution >= 0.6 is 0 Å². The van der Waals surface area contributed by atoms with Gasteiger partial charge in [-0.25, -0.2) is 0 Å². The zero-order valence-corrected chi connectivity index (χ0v) is 10.6. The summed E-state index contributed by atoms with van der Waals surface area (Å²) in [5.41, 5.74) is 3.28. The molecule has 0 bridgehead atoms.